The van der Waals surface area contributed by atoms with E-state index in [-0.39, 0.29) is 5.57 Å². The van der Waals surface area contributed by atoms with Gasteiger partial charge in [-0.2, -0.15) is 0 Å². The predicted octanol–water partition coefficient (Wildman–Crippen LogP) is 10.6. The Kier molecular flexibility index (Phi) is 7.68. The molecule has 5 nitrogen and oxygen atoms in total. The van der Waals surface area contributed by atoms with Crippen LogP contribution in [0.5, 0.6) is 0 Å². The molecule has 0 fully saturated rings. The summed E-state index contributed by atoms with van der Waals surface area (Å²) in [4.78, 5) is 15.3. The van der Waals surface area contributed by atoms with Crippen LogP contribution in [0.4, 0.5) is 11.4 Å². The molecule has 0 aliphatic carbocycles. The summed E-state index contributed by atoms with van der Waals surface area (Å²) < 4.78 is 19.1. The maximum atomic E-state index is 17.1. The zero-order valence-corrected chi connectivity index (χ0v) is 28.4. The lowest BCUT2D eigenvalue weighted by atomic mass is 9.93. The molecule has 1 aliphatic rings. The number of fused-ring (bicyclic) bond motifs is 5. The van der Waals surface area contributed by atoms with Crippen LogP contribution in [0.25, 0.3) is 56.2 Å². The van der Waals surface area contributed by atoms with Crippen molar-refractivity contribution in [1.82, 2.24) is 15.0 Å². The second kappa shape index (κ2) is 12.8. The Morgan fingerprint density at radius 2 is 0.863 bits per heavy atom. The van der Waals surface area contributed by atoms with Crippen molar-refractivity contribution in [3.05, 3.63) is 188 Å². The molecular formula is C45H31N4OP. The van der Waals surface area contributed by atoms with E-state index in [4.69, 9.17) is 15.0 Å². The first-order chi connectivity index (χ1) is 25.2. The molecule has 0 radical (unpaired) electrons. The Hall–Kier alpha value is -6.42. The van der Waals surface area contributed by atoms with Crippen LogP contribution in [0, 0.1) is 0 Å². The van der Waals surface area contributed by atoms with Gasteiger partial charge in [0.1, 0.15) is 0 Å². The van der Waals surface area contributed by atoms with Gasteiger partial charge in [-0.25, -0.2) is 15.0 Å². The summed E-state index contributed by atoms with van der Waals surface area (Å²) in [6.45, 7) is 0. The highest BCUT2D eigenvalue weighted by Crippen LogP contribution is 2.59. The van der Waals surface area contributed by atoms with Gasteiger partial charge in [0.05, 0.1) is 5.69 Å². The number of hydrogen-bond donors (Lipinski definition) is 0. The van der Waals surface area contributed by atoms with Crippen molar-refractivity contribution >= 4 is 29.5 Å². The first-order valence-electron chi connectivity index (χ1n) is 16.9. The van der Waals surface area contributed by atoms with Gasteiger partial charge in [-0.15, -0.1) is 0 Å². The third-order valence-electron chi connectivity index (χ3n) is 9.31. The van der Waals surface area contributed by atoms with Gasteiger partial charge in [0, 0.05) is 27.7 Å². The highest BCUT2D eigenvalue weighted by Gasteiger charge is 2.44. The fraction of sp³-hybridized carbons (Fsp3) is 0. The summed E-state index contributed by atoms with van der Waals surface area (Å²) >= 11 is 0. The van der Waals surface area contributed by atoms with Crippen molar-refractivity contribution < 1.29 is 4.57 Å². The molecule has 7 aromatic carbocycles. The molecule has 51 heavy (non-hydrogen) atoms. The summed E-state index contributed by atoms with van der Waals surface area (Å²) in [6, 6.07) is 62.8. The fourth-order valence-corrected chi connectivity index (χ4v) is 9.75. The highest BCUT2D eigenvalue weighted by molar-refractivity contribution is 7.80. The number of aromatic nitrogens is 3. The van der Waals surface area contributed by atoms with Crippen LogP contribution in [0.3, 0.4) is 0 Å². The van der Waals surface area contributed by atoms with Crippen LogP contribution in [0.1, 0.15) is 0 Å². The van der Waals surface area contributed by atoms with E-state index in [9.17, 15) is 0 Å². The van der Waals surface area contributed by atoms with E-state index >= 15 is 4.57 Å². The normalized spacial score (nSPS) is 14.8. The second-order valence-electron chi connectivity index (χ2n) is 12.4. The van der Waals surface area contributed by atoms with Gasteiger partial charge in [-0.05, 0) is 52.1 Å². The maximum absolute atomic E-state index is 17.1. The summed E-state index contributed by atoms with van der Waals surface area (Å²) in [5, 5.41) is 0.654. The Bertz CT molecular complexity index is 2520. The average Bonchev–Trinajstić information content (AvgIpc) is 3.21. The Balaban J connectivity index is 1.42. The topological polar surface area (TPSA) is 59.0 Å². The van der Waals surface area contributed by atoms with E-state index in [0.29, 0.717) is 17.0 Å². The number of nitrogens with zero attached hydrogens (tertiary/aromatic N) is 4. The van der Waals surface area contributed by atoms with Crippen LogP contribution in [-0.2, 0) is 4.57 Å². The average molecular weight is 675 g/mol. The van der Waals surface area contributed by atoms with Crippen LogP contribution >= 0.6 is 7.29 Å². The van der Waals surface area contributed by atoms with E-state index in [1.807, 2.05) is 132 Å². The van der Waals surface area contributed by atoms with Crippen molar-refractivity contribution in [2.75, 3.05) is 4.67 Å². The first kappa shape index (κ1) is 30.6. The van der Waals surface area contributed by atoms with Gasteiger partial charge >= 0.3 is 0 Å². The molecule has 0 saturated heterocycles. The van der Waals surface area contributed by atoms with Crippen LogP contribution in [0.2, 0.25) is 0 Å². The molecule has 0 bridgehead atoms. The van der Waals surface area contributed by atoms with Crippen LogP contribution < -0.4 is 15.5 Å². The van der Waals surface area contributed by atoms with Crippen molar-refractivity contribution in [3.63, 3.8) is 0 Å². The van der Waals surface area contributed by atoms with Gasteiger partial charge in [0.15, 0.2) is 11.6 Å². The lowest BCUT2D eigenvalue weighted by Gasteiger charge is -2.37. The van der Waals surface area contributed by atoms with Gasteiger partial charge < -0.3 is 0 Å². The summed E-state index contributed by atoms with van der Waals surface area (Å²) in [5.74, 6) is 0.918. The summed E-state index contributed by atoms with van der Waals surface area (Å²) in [6.07, 6.45) is 0. The van der Waals surface area contributed by atoms with Crippen LogP contribution in [0.15, 0.2) is 188 Å². The molecule has 242 valence electrons. The molecule has 0 amide bonds. The predicted molar refractivity (Wildman–Crippen MR) is 209 cm³/mol. The number of para-hydroxylation sites is 1. The molecule has 0 saturated carbocycles. The van der Waals surface area contributed by atoms with Gasteiger partial charge in [0.25, 0.3) is 7.29 Å². The summed E-state index contributed by atoms with van der Waals surface area (Å²) in [7, 11) is -3.98. The highest BCUT2D eigenvalue weighted by atomic mass is 31.2. The fourth-order valence-electron chi connectivity index (χ4n) is 6.94. The summed E-state index contributed by atoms with van der Waals surface area (Å²) in [5.41, 5.74) is 9.38. The van der Waals surface area contributed by atoms with Crippen molar-refractivity contribution in [1.29, 1.82) is 0 Å². The SMILES string of the molecule is O=P1(c2nc(-c3ccccc3)nc(-c3ccccc3)n2)c2ccccc2-c2ccccc2-c2ccccc2N1c1cccc(-c2ccccc2)c1. The minimum atomic E-state index is -3.98. The maximum Gasteiger partial charge on any atom is 0.270 e. The Labute approximate surface area is 297 Å². The zero-order chi connectivity index (χ0) is 34.2. The molecule has 1 aromatic heterocycles. The molecule has 0 N–H and O–H groups in total. The Morgan fingerprint density at radius 3 is 1.49 bits per heavy atom. The number of rotatable bonds is 5. The van der Waals surface area contributed by atoms with E-state index in [0.717, 1.165) is 55.9 Å². The number of benzene rings is 7. The van der Waals surface area contributed by atoms with Gasteiger partial charge in [-0.1, -0.05) is 164 Å². The minimum absolute atomic E-state index is 0.210. The third-order valence-corrected chi connectivity index (χ3v) is 12.1. The van der Waals surface area contributed by atoms with Crippen molar-refractivity contribution in [2.45, 2.75) is 0 Å². The van der Waals surface area contributed by atoms with Crippen molar-refractivity contribution in [3.8, 4) is 56.2 Å². The molecule has 8 aromatic rings. The van der Waals surface area contributed by atoms with Crippen LogP contribution in [-0.4, -0.2) is 15.0 Å². The number of anilines is 2. The third kappa shape index (κ3) is 5.36. The first-order valence-corrected chi connectivity index (χ1v) is 18.6. The molecule has 0 spiro atoms. The Morgan fingerprint density at radius 1 is 0.392 bits per heavy atom. The largest absolute Gasteiger partial charge is 0.286 e. The molecule has 1 unspecified atom stereocenters. The standard InChI is InChI=1S/C45H31N4OP/c50-51(45-47-43(33-19-6-2-7-20-33)46-44(48-45)34-21-8-3-9-22-34)42-30-15-13-28-40(42)38-26-11-10-25-37(38)39-27-12-14-29-41(39)49(51)36-24-16-23-35(31-36)32-17-4-1-5-18-32/h1-31H. The number of hydrogen-bond acceptors (Lipinski definition) is 4. The minimum Gasteiger partial charge on any atom is -0.286 e. The lowest BCUT2D eigenvalue weighted by molar-refractivity contribution is 0.585. The smallest absolute Gasteiger partial charge is 0.270 e. The molecular weight excluding hydrogens is 643 g/mol. The van der Waals surface area contributed by atoms with Gasteiger partial charge in [0.2, 0.25) is 5.57 Å². The van der Waals surface area contributed by atoms with Gasteiger partial charge in [-0.3, -0.25) is 9.24 Å². The van der Waals surface area contributed by atoms with E-state index in [1.165, 1.54) is 0 Å². The van der Waals surface area contributed by atoms with E-state index in [2.05, 4.69) is 60.7 Å². The second-order valence-corrected chi connectivity index (χ2v) is 14.8. The molecule has 1 atom stereocenters. The molecule has 6 heteroatoms. The quantitative estimate of drug-likeness (QED) is 0.170. The monoisotopic (exact) mass is 674 g/mol. The lowest BCUT2D eigenvalue weighted by Crippen LogP contribution is -2.35. The molecule has 2 heterocycles. The molecule has 1 aliphatic heterocycles. The van der Waals surface area contributed by atoms with Crippen molar-refractivity contribution in [2.24, 2.45) is 0 Å². The molecule has 9 rings (SSSR count). The van der Waals surface area contributed by atoms with E-state index in [1.54, 1.807) is 0 Å². The zero-order valence-electron chi connectivity index (χ0n) is 27.5. The van der Waals surface area contributed by atoms with E-state index < -0.39 is 7.29 Å².